The van der Waals surface area contributed by atoms with Crippen LogP contribution in [-0.4, -0.2) is 48.7 Å². The highest BCUT2D eigenvalue weighted by Gasteiger charge is 2.29. The van der Waals surface area contributed by atoms with Gasteiger partial charge in [-0.25, -0.2) is 0 Å². The van der Waals surface area contributed by atoms with Gasteiger partial charge in [0.15, 0.2) is 0 Å². The van der Waals surface area contributed by atoms with E-state index in [2.05, 4.69) is 6.92 Å². The standard InChI is InChI=1S/C14H28NO4PS/c1-4-10-19-20(17,12-18-5-2)21-11-14(16)15-9-7-6-8-13(15)3/h13H,4-12H2,1-3H3. The highest BCUT2D eigenvalue weighted by molar-refractivity contribution is 8.56. The molecule has 1 amide bonds. The molecule has 21 heavy (non-hydrogen) atoms. The molecule has 1 aliphatic rings. The zero-order valence-corrected chi connectivity index (χ0v) is 15.1. The van der Waals surface area contributed by atoms with Gasteiger partial charge in [0.2, 0.25) is 5.91 Å². The van der Waals surface area contributed by atoms with Crippen LogP contribution >= 0.6 is 18.0 Å². The minimum absolute atomic E-state index is 0.0593. The molecule has 5 nitrogen and oxygen atoms in total. The molecule has 0 aliphatic carbocycles. The van der Waals surface area contributed by atoms with E-state index >= 15 is 0 Å². The van der Waals surface area contributed by atoms with Crippen molar-refractivity contribution < 1.29 is 18.6 Å². The van der Waals surface area contributed by atoms with Crippen LogP contribution in [0.1, 0.15) is 46.5 Å². The summed E-state index contributed by atoms with van der Waals surface area (Å²) < 4.78 is 23.4. The Hall–Kier alpha value is -0.0300. The Morgan fingerprint density at radius 3 is 2.76 bits per heavy atom. The summed E-state index contributed by atoms with van der Waals surface area (Å²) in [6, 6.07) is 0.287. The molecule has 1 fully saturated rings. The number of carbonyl (C=O) groups excluding carboxylic acids is 1. The Morgan fingerprint density at radius 1 is 1.38 bits per heavy atom. The molecular formula is C14H28NO4PS. The van der Waals surface area contributed by atoms with Crippen molar-refractivity contribution in [2.45, 2.75) is 52.5 Å². The normalized spacial score (nSPS) is 22.0. The summed E-state index contributed by atoms with van der Waals surface area (Å²) in [4.78, 5) is 14.2. The maximum atomic E-state index is 12.6. The molecule has 0 N–H and O–H groups in total. The molecule has 7 heteroatoms. The molecule has 1 saturated heterocycles. The first-order valence-corrected chi connectivity index (χ1v) is 11.2. The molecule has 2 unspecified atom stereocenters. The number of likely N-dealkylation sites (tertiary alicyclic amines) is 1. The first-order valence-electron chi connectivity index (χ1n) is 7.77. The zero-order chi connectivity index (χ0) is 15.7. The Kier molecular flexibility index (Phi) is 8.95. The summed E-state index contributed by atoms with van der Waals surface area (Å²) >= 11 is 1.12. The van der Waals surface area contributed by atoms with E-state index < -0.39 is 6.57 Å². The van der Waals surface area contributed by atoms with Crippen LogP contribution in [0.15, 0.2) is 0 Å². The van der Waals surface area contributed by atoms with Crippen LogP contribution in [0.2, 0.25) is 0 Å². The van der Waals surface area contributed by atoms with Gasteiger partial charge in [0, 0.05) is 19.2 Å². The van der Waals surface area contributed by atoms with Crippen LogP contribution in [0.25, 0.3) is 0 Å². The van der Waals surface area contributed by atoms with E-state index in [1.807, 2.05) is 18.7 Å². The second-order valence-corrected chi connectivity index (χ2v) is 10.0. The second-order valence-electron chi connectivity index (χ2n) is 5.27. The smallest absolute Gasteiger partial charge is 0.283 e. The molecule has 0 bridgehead atoms. The van der Waals surface area contributed by atoms with Crippen LogP contribution in [0.5, 0.6) is 0 Å². The molecule has 0 radical (unpaired) electrons. The highest BCUT2D eigenvalue weighted by atomic mass is 32.7. The second kappa shape index (κ2) is 9.88. The summed E-state index contributed by atoms with van der Waals surface area (Å²) in [6.45, 7) is 4.72. The summed E-state index contributed by atoms with van der Waals surface area (Å²) in [5.74, 6) is 0.266. The van der Waals surface area contributed by atoms with Gasteiger partial charge in [-0.1, -0.05) is 18.3 Å². The Balaban J connectivity index is 2.50. The monoisotopic (exact) mass is 337 g/mol. The van der Waals surface area contributed by atoms with Gasteiger partial charge in [-0.3, -0.25) is 9.36 Å². The Labute approximate surface area is 132 Å². The van der Waals surface area contributed by atoms with Crippen LogP contribution in [-0.2, 0) is 18.6 Å². The molecule has 1 rings (SSSR count). The molecule has 0 saturated carbocycles. The summed E-state index contributed by atoms with van der Waals surface area (Å²) in [5, 5.41) is 0. The van der Waals surface area contributed by atoms with Gasteiger partial charge in [-0.05, 0) is 39.5 Å². The van der Waals surface area contributed by atoms with E-state index in [1.165, 1.54) is 6.42 Å². The molecular weight excluding hydrogens is 309 g/mol. The van der Waals surface area contributed by atoms with Crippen LogP contribution < -0.4 is 0 Å². The molecule has 0 aromatic rings. The molecule has 0 spiro atoms. The molecule has 1 aliphatic heterocycles. The van der Waals surface area contributed by atoms with E-state index in [0.717, 1.165) is 37.2 Å². The fourth-order valence-corrected chi connectivity index (χ4v) is 5.63. The number of ether oxygens (including phenoxy) is 1. The predicted octanol–water partition coefficient (Wildman–Crippen LogP) is 3.73. The van der Waals surface area contributed by atoms with Crippen molar-refractivity contribution in [2.75, 3.05) is 31.9 Å². The first kappa shape index (κ1) is 19.0. The fraction of sp³-hybridized carbons (Fsp3) is 0.929. The minimum Gasteiger partial charge on any atom is -0.371 e. The van der Waals surface area contributed by atoms with Crippen molar-refractivity contribution in [3.8, 4) is 0 Å². The minimum atomic E-state index is -2.93. The summed E-state index contributed by atoms with van der Waals surface area (Å²) in [7, 11) is 0. The summed E-state index contributed by atoms with van der Waals surface area (Å²) in [5.41, 5.74) is 0. The average molecular weight is 337 g/mol. The SMILES string of the molecule is CCCOP(=O)(COCC)SCC(=O)N1CCCCC1C. The Bertz CT molecular complexity index is 355. The van der Waals surface area contributed by atoms with Gasteiger partial charge >= 0.3 is 0 Å². The fourth-order valence-electron chi connectivity index (χ4n) is 2.25. The lowest BCUT2D eigenvalue weighted by molar-refractivity contribution is -0.131. The maximum absolute atomic E-state index is 12.6. The topological polar surface area (TPSA) is 55.8 Å². The highest BCUT2D eigenvalue weighted by Crippen LogP contribution is 2.59. The number of amides is 1. The molecule has 0 aromatic heterocycles. The number of piperidine rings is 1. The van der Waals surface area contributed by atoms with Gasteiger partial charge in [-0.15, -0.1) is 0 Å². The number of carbonyl (C=O) groups is 1. The van der Waals surface area contributed by atoms with Crippen molar-refractivity contribution in [1.82, 2.24) is 4.90 Å². The lowest BCUT2D eigenvalue weighted by Gasteiger charge is -2.33. The van der Waals surface area contributed by atoms with E-state index in [-0.39, 0.29) is 24.0 Å². The number of nitrogens with zero attached hydrogens (tertiary/aromatic N) is 1. The lowest BCUT2D eigenvalue weighted by atomic mass is 10.0. The van der Waals surface area contributed by atoms with E-state index in [1.54, 1.807) is 0 Å². The third-order valence-electron chi connectivity index (χ3n) is 3.45. The van der Waals surface area contributed by atoms with Gasteiger partial charge in [0.05, 0.1) is 12.4 Å². The average Bonchev–Trinajstić information content (AvgIpc) is 2.49. The van der Waals surface area contributed by atoms with Crippen molar-refractivity contribution >= 4 is 23.9 Å². The van der Waals surface area contributed by atoms with Gasteiger partial charge < -0.3 is 14.2 Å². The lowest BCUT2D eigenvalue weighted by Crippen LogP contribution is -2.42. The van der Waals surface area contributed by atoms with Gasteiger partial charge in [0.1, 0.15) is 6.35 Å². The third kappa shape index (κ3) is 6.72. The van der Waals surface area contributed by atoms with E-state index in [9.17, 15) is 9.36 Å². The van der Waals surface area contributed by atoms with Crippen LogP contribution in [0.4, 0.5) is 0 Å². The molecule has 1 heterocycles. The summed E-state index contributed by atoms with van der Waals surface area (Å²) in [6.07, 6.45) is 4.17. The molecule has 0 aromatic carbocycles. The number of rotatable bonds is 9. The number of hydrogen-bond donors (Lipinski definition) is 0. The zero-order valence-electron chi connectivity index (χ0n) is 13.4. The largest absolute Gasteiger partial charge is 0.371 e. The quantitative estimate of drug-likeness (QED) is 0.600. The van der Waals surface area contributed by atoms with Gasteiger partial charge in [-0.2, -0.15) is 0 Å². The van der Waals surface area contributed by atoms with Crippen LogP contribution in [0.3, 0.4) is 0 Å². The predicted molar refractivity (Wildman–Crippen MR) is 87.8 cm³/mol. The molecule has 124 valence electrons. The van der Waals surface area contributed by atoms with Gasteiger partial charge in [0.25, 0.3) is 6.57 Å². The van der Waals surface area contributed by atoms with Crippen molar-refractivity contribution in [1.29, 1.82) is 0 Å². The number of hydrogen-bond acceptors (Lipinski definition) is 5. The van der Waals surface area contributed by atoms with E-state index in [4.69, 9.17) is 9.26 Å². The van der Waals surface area contributed by atoms with Crippen molar-refractivity contribution in [3.63, 3.8) is 0 Å². The Morgan fingerprint density at radius 2 is 2.14 bits per heavy atom. The van der Waals surface area contributed by atoms with Crippen molar-refractivity contribution in [3.05, 3.63) is 0 Å². The first-order chi connectivity index (χ1) is 10.0. The van der Waals surface area contributed by atoms with E-state index in [0.29, 0.717) is 13.2 Å². The molecule has 2 atom stereocenters. The van der Waals surface area contributed by atoms with Crippen molar-refractivity contribution in [2.24, 2.45) is 0 Å². The maximum Gasteiger partial charge on any atom is 0.283 e. The third-order valence-corrected chi connectivity index (χ3v) is 7.50. The van der Waals surface area contributed by atoms with Crippen LogP contribution in [0, 0.1) is 0 Å².